The largest absolute Gasteiger partial charge is 0.426 e. The van der Waals surface area contributed by atoms with Crippen LogP contribution < -0.4 is 9.64 Å². The van der Waals surface area contributed by atoms with Crippen LogP contribution in [0.2, 0.25) is 0 Å². The van der Waals surface area contributed by atoms with Crippen LogP contribution in [0, 0.1) is 6.92 Å². The summed E-state index contributed by atoms with van der Waals surface area (Å²) < 4.78 is 5.29. The van der Waals surface area contributed by atoms with E-state index in [9.17, 15) is 4.79 Å². The average Bonchev–Trinajstić information content (AvgIpc) is 2.48. The molecule has 0 bridgehead atoms. The molecule has 2 rings (SSSR count). The van der Waals surface area contributed by atoms with E-state index >= 15 is 0 Å². The molecule has 0 atom stereocenters. The normalized spacial score (nSPS) is 10.1. The molecule has 0 radical (unpaired) electrons. The molecule has 3 heteroatoms. The van der Waals surface area contributed by atoms with E-state index in [1.807, 2.05) is 73.5 Å². The van der Waals surface area contributed by atoms with E-state index in [2.05, 4.69) is 0 Å². The number of hydrogen-bond donors (Lipinski definition) is 0. The molecule has 0 heterocycles. The van der Waals surface area contributed by atoms with Gasteiger partial charge in [0.2, 0.25) is 0 Å². The Bertz CT molecular complexity index is 549. The summed E-state index contributed by atoms with van der Waals surface area (Å²) in [6.45, 7) is 2.63. The van der Waals surface area contributed by atoms with Crippen molar-refractivity contribution >= 4 is 11.7 Å². The maximum absolute atomic E-state index is 11.8. The van der Waals surface area contributed by atoms with Crippen molar-refractivity contribution in [3.63, 3.8) is 0 Å². The van der Waals surface area contributed by atoms with Gasteiger partial charge in [-0.1, -0.05) is 35.9 Å². The number of hydrogen-bond acceptors (Lipinski definition) is 3. The van der Waals surface area contributed by atoms with Gasteiger partial charge in [-0.2, -0.15) is 0 Å². The fraction of sp³-hybridized carbons (Fsp3) is 0.235. The lowest BCUT2D eigenvalue weighted by Crippen LogP contribution is -2.22. The van der Waals surface area contributed by atoms with Gasteiger partial charge in [-0.3, -0.25) is 4.79 Å². The molecule has 0 aliphatic heterocycles. The van der Waals surface area contributed by atoms with Crippen molar-refractivity contribution in [3.05, 3.63) is 60.2 Å². The van der Waals surface area contributed by atoms with Gasteiger partial charge in [0.15, 0.2) is 0 Å². The van der Waals surface area contributed by atoms with Crippen molar-refractivity contribution in [2.75, 3.05) is 18.5 Å². The third-order valence-corrected chi connectivity index (χ3v) is 3.10. The van der Waals surface area contributed by atoms with Gasteiger partial charge >= 0.3 is 5.97 Å². The lowest BCUT2D eigenvalue weighted by Gasteiger charge is -2.18. The van der Waals surface area contributed by atoms with E-state index in [1.54, 1.807) is 0 Å². The van der Waals surface area contributed by atoms with Gasteiger partial charge in [-0.15, -0.1) is 0 Å². The summed E-state index contributed by atoms with van der Waals surface area (Å²) in [5.41, 5.74) is 2.24. The van der Waals surface area contributed by atoms with E-state index in [1.165, 1.54) is 0 Å². The Hall–Kier alpha value is -2.29. The molecule has 20 heavy (non-hydrogen) atoms. The molecular formula is C17H19NO2. The number of carbonyl (C=O) groups is 1. The van der Waals surface area contributed by atoms with Crippen molar-refractivity contribution in [1.82, 2.24) is 0 Å². The molecule has 2 aromatic rings. The van der Waals surface area contributed by atoms with Crippen LogP contribution in [-0.4, -0.2) is 19.6 Å². The fourth-order valence-corrected chi connectivity index (χ4v) is 1.86. The van der Waals surface area contributed by atoms with Gasteiger partial charge in [0, 0.05) is 19.3 Å². The first-order chi connectivity index (χ1) is 9.65. The molecule has 0 spiro atoms. The molecule has 0 saturated carbocycles. The quantitative estimate of drug-likeness (QED) is 0.615. The number of carbonyl (C=O) groups excluding carboxylic acids is 1. The Morgan fingerprint density at radius 3 is 2.35 bits per heavy atom. The molecule has 2 aromatic carbocycles. The fourth-order valence-electron chi connectivity index (χ4n) is 1.86. The minimum absolute atomic E-state index is 0.211. The zero-order valence-corrected chi connectivity index (χ0v) is 11.9. The third-order valence-electron chi connectivity index (χ3n) is 3.10. The Labute approximate surface area is 119 Å². The smallest absolute Gasteiger partial charge is 0.312 e. The Balaban J connectivity index is 1.82. The summed E-state index contributed by atoms with van der Waals surface area (Å²) in [5.74, 6) is 0.389. The van der Waals surface area contributed by atoms with Crippen LogP contribution in [0.4, 0.5) is 5.69 Å². The molecule has 0 saturated heterocycles. The van der Waals surface area contributed by atoms with Crippen LogP contribution in [0.1, 0.15) is 12.0 Å². The van der Waals surface area contributed by atoms with Gasteiger partial charge in [0.25, 0.3) is 0 Å². The Kier molecular flexibility index (Phi) is 4.77. The van der Waals surface area contributed by atoms with Crippen molar-refractivity contribution < 1.29 is 9.53 Å². The molecule has 0 aliphatic carbocycles. The van der Waals surface area contributed by atoms with Gasteiger partial charge < -0.3 is 9.64 Å². The second-order valence-electron chi connectivity index (χ2n) is 4.79. The second-order valence-corrected chi connectivity index (χ2v) is 4.79. The number of rotatable bonds is 5. The van der Waals surface area contributed by atoms with E-state index in [0.29, 0.717) is 18.7 Å². The highest BCUT2D eigenvalue weighted by Gasteiger charge is 2.07. The summed E-state index contributed by atoms with van der Waals surface area (Å²) in [4.78, 5) is 13.8. The van der Waals surface area contributed by atoms with Gasteiger partial charge in [0.1, 0.15) is 5.75 Å². The van der Waals surface area contributed by atoms with E-state index < -0.39 is 0 Å². The van der Waals surface area contributed by atoms with E-state index in [0.717, 1.165) is 11.3 Å². The zero-order chi connectivity index (χ0) is 14.4. The van der Waals surface area contributed by atoms with E-state index in [-0.39, 0.29) is 5.97 Å². The number of anilines is 1. The van der Waals surface area contributed by atoms with Gasteiger partial charge in [0.05, 0.1) is 6.42 Å². The second kappa shape index (κ2) is 6.75. The summed E-state index contributed by atoms with van der Waals surface area (Å²) in [5, 5.41) is 0. The standard InChI is InChI=1S/C17H19NO2/c1-14-8-10-16(11-9-14)20-17(19)12-13-18(2)15-6-4-3-5-7-15/h3-11H,12-13H2,1-2H3. The van der Waals surface area contributed by atoms with Crippen LogP contribution in [0.5, 0.6) is 5.75 Å². The summed E-state index contributed by atoms with van der Waals surface area (Å²) in [6.07, 6.45) is 0.360. The molecule has 0 aliphatic rings. The maximum atomic E-state index is 11.8. The minimum atomic E-state index is -0.211. The number of para-hydroxylation sites is 1. The van der Waals surface area contributed by atoms with Crippen LogP contribution in [-0.2, 0) is 4.79 Å². The molecule has 0 fully saturated rings. The first-order valence-electron chi connectivity index (χ1n) is 6.69. The number of nitrogens with zero attached hydrogens (tertiary/aromatic N) is 1. The minimum Gasteiger partial charge on any atom is -0.426 e. The molecular weight excluding hydrogens is 250 g/mol. The van der Waals surface area contributed by atoms with Crippen molar-refractivity contribution in [1.29, 1.82) is 0 Å². The predicted molar refractivity (Wildman–Crippen MR) is 81.1 cm³/mol. The number of aryl methyl sites for hydroxylation is 1. The van der Waals surface area contributed by atoms with Gasteiger partial charge in [-0.05, 0) is 31.2 Å². The highest BCUT2D eigenvalue weighted by atomic mass is 16.5. The third kappa shape index (κ3) is 4.12. The molecule has 0 aromatic heterocycles. The van der Waals surface area contributed by atoms with Crippen molar-refractivity contribution in [2.45, 2.75) is 13.3 Å². The zero-order valence-electron chi connectivity index (χ0n) is 11.9. The average molecular weight is 269 g/mol. The molecule has 0 unspecified atom stereocenters. The van der Waals surface area contributed by atoms with Crippen LogP contribution in [0.25, 0.3) is 0 Å². The van der Waals surface area contributed by atoms with Crippen LogP contribution in [0.3, 0.4) is 0 Å². The van der Waals surface area contributed by atoms with E-state index in [4.69, 9.17) is 4.74 Å². The number of benzene rings is 2. The lowest BCUT2D eigenvalue weighted by molar-refractivity contribution is -0.134. The van der Waals surface area contributed by atoms with Crippen LogP contribution >= 0.6 is 0 Å². The summed E-state index contributed by atoms with van der Waals surface area (Å²) in [7, 11) is 1.97. The topological polar surface area (TPSA) is 29.5 Å². The van der Waals surface area contributed by atoms with Crippen molar-refractivity contribution in [2.24, 2.45) is 0 Å². The molecule has 0 amide bonds. The SMILES string of the molecule is Cc1ccc(OC(=O)CCN(C)c2ccccc2)cc1. The van der Waals surface area contributed by atoms with Crippen molar-refractivity contribution in [3.8, 4) is 5.75 Å². The Morgan fingerprint density at radius 2 is 1.70 bits per heavy atom. The summed E-state index contributed by atoms with van der Waals surface area (Å²) >= 11 is 0. The predicted octanol–water partition coefficient (Wildman–Crippen LogP) is 3.43. The molecule has 104 valence electrons. The monoisotopic (exact) mass is 269 g/mol. The molecule has 0 N–H and O–H groups in total. The first-order valence-corrected chi connectivity index (χ1v) is 6.69. The lowest BCUT2D eigenvalue weighted by atomic mass is 10.2. The Morgan fingerprint density at radius 1 is 1.05 bits per heavy atom. The maximum Gasteiger partial charge on any atom is 0.312 e. The summed E-state index contributed by atoms with van der Waals surface area (Å²) in [6, 6.07) is 17.5. The highest BCUT2D eigenvalue weighted by molar-refractivity contribution is 5.73. The number of ether oxygens (including phenoxy) is 1. The van der Waals surface area contributed by atoms with Gasteiger partial charge in [-0.25, -0.2) is 0 Å². The highest BCUT2D eigenvalue weighted by Crippen LogP contribution is 2.14. The molecule has 3 nitrogen and oxygen atoms in total. The number of esters is 1. The van der Waals surface area contributed by atoms with Crippen LogP contribution in [0.15, 0.2) is 54.6 Å². The first kappa shape index (κ1) is 14.1.